The van der Waals surface area contributed by atoms with E-state index in [0.29, 0.717) is 0 Å². The molecule has 23 heavy (non-hydrogen) atoms. The Morgan fingerprint density at radius 1 is 1.35 bits per heavy atom. The summed E-state index contributed by atoms with van der Waals surface area (Å²) in [6, 6.07) is 6.22. The smallest absolute Gasteiger partial charge is 0.334 e. The van der Waals surface area contributed by atoms with Gasteiger partial charge in [0.2, 0.25) is 0 Å². The number of aromatic nitrogens is 2. The van der Waals surface area contributed by atoms with Gasteiger partial charge in [-0.25, -0.2) is 10.1 Å². The van der Waals surface area contributed by atoms with Gasteiger partial charge in [-0.1, -0.05) is 6.07 Å². The maximum Gasteiger partial charge on any atom is 0.416 e. The fourth-order valence-corrected chi connectivity index (χ4v) is 2.24. The Balaban J connectivity index is 1.77. The summed E-state index contributed by atoms with van der Waals surface area (Å²) >= 11 is 0. The molecule has 9 heteroatoms. The minimum Gasteiger partial charge on any atom is -0.334 e. The number of rotatable bonds is 3. The number of nitrogens with zero attached hydrogens (tertiary/aromatic N) is 2. The Bertz CT molecular complexity index is 706. The summed E-state index contributed by atoms with van der Waals surface area (Å²) in [5, 5.41) is 6.76. The van der Waals surface area contributed by atoms with Gasteiger partial charge >= 0.3 is 6.18 Å². The molecule has 2 aromatic rings. The van der Waals surface area contributed by atoms with Crippen LogP contribution in [0.15, 0.2) is 36.5 Å². The van der Waals surface area contributed by atoms with Gasteiger partial charge in [0, 0.05) is 12.7 Å². The van der Waals surface area contributed by atoms with Gasteiger partial charge in [0.05, 0.1) is 17.4 Å². The molecule has 1 aliphatic heterocycles. The number of hydrazine groups is 1. The number of carbonyl (C=O) groups excluding carboxylic acids is 1. The number of halogens is 3. The Morgan fingerprint density at radius 2 is 2.17 bits per heavy atom. The summed E-state index contributed by atoms with van der Waals surface area (Å²) in [5.41, 5.74) is 5.37. The van der Waals surface area contributed by atoms with E-state index < -0.39 is 17.6 Å². The second kappa shape index (κ2) is 6.01. The summed E-state index contributed by atoms with van der Waals surface area (Å²) in [6.45, 7) is 0.740. The van der Waals surface area contributed by atoms with Crippen LogP contribution in [-0.2, 0) is 6.18 Å². The van der Waals surface area contributed by atoms with E-state index in [-0.39, 0.29) is 17.5 Å². The third kappa shape index (κ3) is 3.51. The summed E-state index contributed by atoms with van der Waals surface area (Å²) < 4.78 is 39.5. The normalized spacial score (nSPS) is 18.1. The summed E-state index contributed by atoms with van der Waals surface area (Å²) in [7, 11) is 0. The largest absolute Gasteiger partial charge is 0.416 e. The first-order valence-corrected chi connectivity index (χ1v) is 6.96. The summed E-state index contributed by atoms with van der Waals surface area (Å²) in [4.78, 5) is 12.0. The number of carbonyl (C=O) groups is 1. The van der Waals surface area contributed by atoms with Gasteiger partial charge in [0.15, 0.2) is 5.69 Å². The van der Waals surface area contributed by atoms with Crippen molar-refractivity contribution in [2.45, 2.75) is 18.8 Å². The lowest BCUT2D eigenvalue weighted by Gasteiger charge is -2.10. The fraction of sp³-hybridized carbons (Fsp3) is 0.286. The van der Waals surface area contributed by atoms with Crippen molar-refractivity contribution in [2.75, 3.05) is 6.54 Å². The fourth-order valence-electron chi connectivity index (χ4n) is 2.24. The van der Waals surface area contributed by atoms with Crippen LogP contribution in [0.25, 0.3) is 5.69 Å². The first-order valence-electron chi connectivity index (χ1n) is 6.96. The van der Waals surface area contributed by atoms with Gasteiger partial charge in [-0.2, -0.15) is 18.3 Å². The molecule has 0 spiro atoms. The molecule has 0 aliphatic carbocycles. The zero-order chi connectivity index (χ0) is 16.4. The number of alkyl halides is 3. The number of amides is 1. The SMILES string of the molecule is O=C(NC1CCNN1)c1ccn(-c2cccc(C(F)(F)F)c2)n1. The lowest BCUT2D eigenvalue weighted by molar-refractivity contribution is -0.137. The van der Waals surface area contributed by atoms with Crippen LogP contribution in [0.4, 0.5) is 13.2 Å². The molecule has 1 aromatic carbocycles. The van der Waals surface area contributed by atoms with Crippen molar-refractivity contribution < 1.29 is 18.0 Å². The molecule has 122 valence electrons. The van der Waals surface area contributed by atoms with Crippen molar-refractivity contribution in [3.05, 3.63) is 47.8 Å². The van der Waals surface area contributed by atoms with Crippen LogP contribution in [0.3, 0.4) is 0 Å². The second-order valence-electron chi connectivity index (χ2n) is 5.08. The predicted octanol–water partition coefficient (Wildman–Crippen LogP) is 1.44. The second-order valence-corrected chi connectivity index (χ2v) is 5.08. The van der Waals surface area contributed by atoms with E-state index in [2.05, 4.69) is 21.3 Å². The molecule has 2 heterocycles. The minimum atomic E-state index is -4.43. The van der Waals surface area contributed by atoms with Crippen LogP contribution in [0.5, 0.6) is 0 Å². The van der Waals surface area contributed by atoms with Crippen LogP contribution >= 0.6 is 0 Å². The Hall–Kier alpha value is -2.39. The highest BCUT2D eigenvalue weighted by molar-refractivity contribution is 5.92. The topological polar surface area (TPSA) is 71.0 Å². The van der Waals surface area contributed by atoms with E-state index in [4.69, 9.17) is 0 Å². The molecule has 1 aliphatic rings. The predicted molar refractivity (Wildman–Crippen MR) is 75.6 cm³/mol. The van der Waals surface area contributed by atoms with Crippen molar-refractivity contribution in [2.24, 2.45) is 0 Å². The van der Waals surface area contributed by atoms with Crippen LogP contribution < -0.4 is 16.2 Å². The maximum absolute atomic E-state index is 12.7. The Morgan fingerprint density at radius 3 is 2.87 bits per heavy atom. The van der Waals surface area contributed by atoms with Crippen LogP contribution in [-0.4, -0.2) is 28.4 Å². The number of hydrogen-bond acceptors (Lipinski definition) is 4. The molecule has 1 aromatic heterocycles. The van der Waals surface area contributed by atoms with Crippen molar-refractivity contribution in [3.63, 3.8) is 0 Å². The van der Waals surface area contributed by atoms with Gasteiger partial charge in [0.1, 0.15) is 0 Å². The van der Waals surface area contributed by atoms with Crippen molar-refractivity contribution >= 4 is 5.91 Å². The average Bonchev–Trinajstić information content (AvgIpc) is 3.17. The van der Waals surface area contributed by atoms with Crippen LogP contribution in [0.1, 0.15) is 22.5 Å². The number of benzene rings is 1. The van der Waals surface area contributed by atoms with E-state index in [1.807, 2.05) is 0 Å². The Labute approximate surface area is 129 Å². The van der Waals surface area contributed by atoms with E-state index in [1.54, 1.807) is 0 Å². The highest BCUT2D eigenvalue weighted by Gasteiger charge is 2.30. The monoisotopic (exact) mass is 325 g/mol. The first-order chi connectivity index (χ1) is 10.9. The lowest BCUT2D eigenvalue weighted by atomic mass is 10.2. The van der Waals surface area contributed by atoms with E-state index in [0.717, 1.165) is 25.1 Å². The highest BCUT2D eigenvalue weighted by atomic mass is 19.4. The molecule has 1 amide bonds. The summed E-state index contributed by atoms with van der Waals surface area (Å²) in [6.07, 6.45) is -2.43. The quantitative estimate of drug-likeness (QED) is 0.799. The Kier molecular flexibility index (Phi) is 4.05. The maximum atomic E-state index is 12.7. The van der Waals surface area contributed by atoms with E-state index in [9.17, 15) is 18.0 Å². The molecule has 0 saturated carbocycles. The molecular formula is C14H14F3N5O. The van der Waals surface area contributed by atoms with Crippen LogP contribution in [0, 0.1) is 0 Å². The molecule has 6 nitrogen and oxygen atoms in total. The van der Waals surface area contributed by atoms with Gasteiger partial charge in [0.25, 0.3) is 5.91 Å². The highest BCUT2D eigenvalue weighted by Crippen LogP contribution is 2.30. The molecule has 1 fully saturated rings. The molecule has 0 bridgehead atoms. The standard InChI is InChI=1S/C14H14F3N5O/c15-14(16,17)9-2-1-3-10(8-9)22-7-5-11(21-22)13(23)19-12-4-6-18-20-12/h1-3,5,7-8,12,18,20H,4,6H2,(H,19,23). The van der Waals surface area contributed by atoms with Crippen molar-refractivity contribution in [3.8, 4) is 5.69 Å². The third-order valence-electron chi connectivity index (χ3n) is 3.40. The van der Waals surface area contributed by atoms with Gasteiger partial charge in [-0.15, -0.1) is 0 Å². The number of hydrogen-bond donors (Lipinski definition) is 3. The molecule has 3 N–H and O–H groups in total. The lowest BCUT2D eigenvalue weighted by Crippen LogP contribution is -2.44. The molecule has 1 saturated heterocycles. The van der Waals surface area contributed by atoms with Crippen molar-refractivity contribution in [1.82, 2.24) is 25.9 Å². The molecule has 0 radical (unpaired) electrons. The number of nitrogens with one attached hydrogen (secondary N) is 3. The molecular weight excluding hydrogens is 311 g/mol. The average molecular weight is 325 g/mol. The zero-order valence-corrected chi connectivity index (χ0v) is 11.9. The van der Waals surface area contributed by atoms with Gasteiger partial charge in [-0.3, -0.25) is 10.2 Å². The first kappa shape index (κ1) is 15.5. The van der Waals surface area contributed by atoms with E-state index in [1.165, 1.54) is 29.1 Å². The molecule has 1 unspecified atom stereocenters. The zero-order valence-electron chi connectivity index (χ0n) is 11.9. The minimum absolute atomic E-state index is 0.135. The molecule has 1 atom stereocenters. The van der Waals surface area contributed by atoms with E-state index >= 15 is 0 Å². The van der Waals surface area contributed by atoms with Gasteiger partial charge in [-0.05, 0) is 30.7 Å². The third-order valence-corrected chi connectivity index (χ3v) is 3.40. The van der Waals surface area contributed by atoms with Crippen LogP contribution in [0.2, 0.25) is 0 Å². The van der Waals surface area contributed by atoms with Crippen molar-refractivity contribution in [1.29, 1.82) is 0 Å². The van der Waals surface area contributed by atoms with Gasteiger partial charge < -0.3 is 5.32 Å². The summed E-state index contributed by atoms with van der Waals surface area (Å²) in [5.74, 6) is -0.392. The molecule has 3 rings (SSSR count).